The zero-order valence-corrected chi connectivity index (χ0v) is 21.0. The third kappa shape index (κ3) is 5.02. The van der Waals surface area contributed by atoms with Gasteiger partial charge in [0.15, 0.2) is 0 Å². The van der Waals surface area contributed by atoms with Crippen molar-refractivity contribution in [3.63, 3.8) is 0 Å². The number of nitrogens with two attached hydrogens (primary N) is 1. The summed E-state index contributed by atoms with van der Waals surface area (Å²) in [6.45, 7) is 9.12. The molecule has 1 aromatic heterocycles. The molecule has 5 heteroatoms. The summed E-state index contributed by atoms with van der Waals surface area (Å²) in [5.41, 5.74) is 10.2. The summed E-state index contributed by atoms with van der Waals surface area (Å²) in [4.78, 5) is 13.6. The fourth-order valence-corrected chi connectivity index (χ4v) is 5.56. The zero-order valence-electron chi connectivity index (χ0n) is 19.5. The molecule has 0 spiro atoms. The highest BCUT2D eigenvalue weighted by atomic mass is 35.5. The number of hydrogen-bond donors (Lipinski definition) is 1. The van der Waals surface area contributed by atoms with Gasteiger partial charge in [-0.05, 0) is 60.1 Å². The number of carbonyl (C=O) groups is 1. The van der Waals surface area contributed by atoms with E-state index < -0.39 is 5.41 Å². The van der Waals surface area contributed by atoms with E-state index in [1.807, 2.05) is 37.7 Å². The molecule has 2 aromatic carbocycles. The normalized spacial score (nSPS) is 14.4. The number of halogens is 1. The van der Waals surface area contributed by atoms with E-state index in [0.717, 1.165) is 23.2 Å². The molecule has 32 heavy (non-hydrogen) atoms. The second-order valence-electron chi connectivity index (χ2n) is 10.1. The van der Waals surface area contributed by atoms with E-state index in [1.165, 1.54) is 45.5 Å². The molecule has 170 valence electrons. The van der Waals surface area contributed by atoms with Gasteiger partial charge in [-0.1, -0.05) is 57.5 Å². The van der Waals surface area contributed by atoms with Gasteiger partial charge in [-0.25, -0.2) is 0 Å². The Morgan fingerprint density at radius 2 is 1.88 bits per heavy atom. The maximum atomic E-state index is 12.3. The number of thioether (sulfide) groups is 1. The second-order valence-corrected chi connectivity index (χ2v) is 11.6. The topological polar surface area (TPSA) is 48.0 Å². The number of nitrogens with zero attached hydrogens (tertiary/aromatic N) is 1. The summed E-state index contributed by atoms with van der Waals surface area (Å²) in [5, 5.41) is 2.04. The van der Waals surface area contributed by atoms with Gasteiger partial charge in [0, 0.05) is 50.6 Å². The SMILES string of the molecule is CC(C)c1ccc2c(c1)c(SCC1CC1)c(CC(C)(C)C(N)=O)n2Cc1ccc(Cl)cc1. The Labute approximate surface area is 200 Å². The quantitative estimate of drug-likeness (QED) is 0.343. The Kier molecular flexibility index (Phi) is 6.65. The van der Waals surface area contributed by atoms with E-state index in [4.69, 9.17) is 17.3 Å². The van der Waals surface area contributed by atoms with Crippen LogP contribution in [-0.2, 0) is 17.8 Å². The minimum atomic E-state index is -0.623. The van der Waals surface area contributed by atoms with E-state index in [-0.39, 0.29) is 5.91 Å². The molecular formula is C27H33ClN2OS. The molecule has 0 unspecified atom stereocenters. The molecule has 0 radical (unpaired) electrons. The molecule has 0 atom stereocenters. The highest BCUT2D eigenvalue weighted by Gasteiger charge is 2.31. The maximum Gasteiger partial charge on any atom is 0.223 e. The first kappa shape index (κ1) is 23.3. The van der Waals surface area contributed by atoms with Crippen LogP contribution in [0, 0.1) is 11.3 Å². The number of aromatic nitrogens is 1. The highest BCUT2D eigenvalue weighted by Crippen LogP contribution is 2.43. The van der Waals surface area contributed by atoms with Crippen molar-refractivity contribution in [2.75, 3.05) is 5.75 Å². The number of benzene rings is 2. The fraction of sp³-hybridized carbons (Fsp3) is 0.444. The van der Waals surface area contributed by atoms with Crippen molar-refractivity contribution in [3.8, 4) is 0 Å². The molecule has 1 heterocycles. The predicted octanol–water partition coefficient (Wildman–Crippen LogP) is 7.02. The van der Waals surface area contributed by atoms with Crippen molar-refractivity contribution in [2.45, 2.75) is 64.3 Å². The number of fused-ring (bicyclic) bond motifs is 1. The van der Waals surface area contributed by atoms with Gasteiger partial charge in [-0.3, -0.25) is 4.79 Å². The Morgan fingerprint density at radius 1 is 1.19 bits per heavy atom. The van der Waals surface area contributed by atoms with Crippen molar-refractivity contribution in [3.05, 3.63) is 64.3 Å². The molecule has 1 fully saturated rings. The predicted molar refractivity (Wildman–Crippen MR) is 137 cm³/mol. The zero-order chi connectivity index (χ0) is 23.0. The molecule has 0 bridgehead atoms. The molecule has 1 amide bonds. The minimum Gasteiger partial charge on any atom is -0.369 e. The summed E-state index contributed by atoms with van der Waals surface area (Å²) in [6, 6.07) is 14.9. The van der Waals surface area contributed by atoms with Crippen LogP contribution in [0.1, 0.15) is 63.3 Å². The van der Waals surface area contributed by atoms with Crippen LogP contribution < -0.4 is 5.73 Å². The lowest BCUT2D eigenvalue weighted by Gasteiger charge is -2.23. The highest BCUT2D eigenvalue weighted by molar-refractivity contribution is 7.99. The molecule has 0 saturated heterocycles. The lowest BCUT2D eigenvalue weighted by Crippen LogP contribution is -2.34. The van der Waals surface area contributed by atoms with Gasteiger partial charge in [0.2, 0.25) is 5.91 Å². The van der Waals surface area contributed by atoms with Crippen molar-refractivity contribution in [1.29, 1.82) is 0 Å². The van der Waals surface area contributed by atoms with E-state index >= 15 is 0 Å². The van der Waals surface area contributed by atoms with E-state index in [2.05, 4.69) is 48.7 Å². The molecule has 1 aliphatic carbocycles. The van der Waals surface area contributed by atoms with Gasteiger partial charge in [-0.15, -0.1) is 11.8 Å². The van der Waals surface area contributed by atoms with Crippen molar-refractivity contribution >= 4 is 40.2 Å². The Hall–Kier alpha value is -1.91. The first-order valence-electron chi connectivity index (χ1n) is 11.5. The third-order valence-corrected chi connectivity index (χ3v) is 8.14. The van der Waals surface area contributed by atoms with Crippen molar-refractivity contribution < 1.29 is 4.79 Å². The lowest BCUT2D eigenvalue weighted by atomic mass is 9.87. The van der Waals surface area contributed by atoms with Crippen LogP contribution in [-0.4, -0.2) is 16.2 Å². The Morgan fingerprint density at radius 3 is 2.47 bits per heavy atom. The van der Waals surface area contributed by atoms with Crippen LogP contribution in [0.4, 0.5) is 0 Å². The number of amides is 1. The molecule has 1 saturated carbocycles. The fourth-order valence-electron chi connectivity index (χ4n) is 4.03. The van der Waals surface area contributed by atoms with Gasteiger partial charge in [0.25, 0.3) is 0 Å². The summed E-state index contributed by atoms with van der Waals surface area (Å²) < 4.78 is 2.39. The average molecular weight is 469 g/mol. The number of primary amides is 1. The summed E-state index contributed by atoms with van der Waals surface area (Å²) >= 11 is 8.09. The first-order valence-corrected chi connectivity index (χ1v) is 12.8. The minimum absolute atomic E-state index is 0.262. The molecular weight excluding hydrogens is 436 g/mol. The molecule has 4 rings (SSSR count). The second kappa shape index (κ2) is 9.15. The van der Waals surface area contributed by atoms with Gasteiger partial charge in [-0.2, -0.15) is 0 Å². The largest absolute Gasteiger partial charge is 0.369 e. The number of rotatable bonds is 9. The summed E-state index contributed by atoms with van der Waals surface area (Å²) in [6.07, 6.45) is 3.28. The molecule has 0 aliphatic heterocycles. The third-order valence-electron chi connectivity index (χ3n) is 6.50. The van der Waals surface area contributed by atoms with Crippen LogP contribution in [0.3, 0.4) is 0 Å². The van der Waals surface area contributed by atoms with Crippen molar-refractivity contribution in [2.24, 2.45) is 17.1 Å². The van der Waals surface area contributed by atoms with Crippen LogP contribution >= 0.6 is 23.4 Å². The average Bonchev–Trinajstić information content (AvgIpc) is 3.53. The monoisotopic (exact) mass is 468 g/mol. The van der Waals surface area contributed by atoms with Gasteiger partial charge >= 0.3 is 0 Å². The summed E-state index contributed by atoms with van der Waals surface area (Å²) in [5.74, 6) is 2.16. The molecule has 2 N–H and O–H groups in total. The van der Waals surface area contributed by atoms with Crippen LogP contribution in [0.25, 0.3) is 10.9 Å². The van der Waals surface area contributed by atoms with Gasteiger partial charge in [0.05, 0.1) is 0 Å². The molecule has 3 nitrogen and oxygen atoms in total. The maximum absolute atomic E-state index is 12.3. The first-order chi connectivity index (χ1) is 15.2. The van der Waals surface area contributed by atoms with E-state index in [9.17, 15) is 4.79 Å². The van der Waals surface area contributed by atoms with Gasteiger partial charge in [0.1, 0.15) is 0 Å². The standard InChI is InChI=1S/C27H33ClN2OS/c1-17(2)20-9-12-23-22(13-20)25(32-16-19-5-6-19)24(14-27(3,4)26(29)31)30(23)15-18-7-10-21(28)11-8-18/h7-13,17,19H,5-6,14-16H2,1-4H3,(H2,29,31). The Bertz CT molecular complexity index is 1130. The smallest absolute Gasteiger partial charge is 0.223 e. The number of hydrogen-bond acceptors (Lipinski definition) is 2. The number of carbonyl (C=O) groups excluding carboxylic acids is 1. The van der Waals surface area contributed by atoms with E-state index in [1.54, 1.807) is 0 Å². The summed E-state index contributed by atoms with van der Waals surface area (Å²) in [7, 11) is 0. The van der Waals surface area contributed by atoms with Gasteiger partial charge < -0.3 is 10.3 Å². The lowest BCUT2D eigenvalue weighted by molar-refractivity contribution is -0.126. The molecule has 1 aliphatic rings. The Balaban J connectivity index is 1.88. The molecule has 3 aromatic rings. The van der Waals surface area contributed by atoms with Crippen LogP contribution in [0.5, 0.6) is 0 Å². The van der Waals surface area contributed by atoms with Crippen LogP contribution in [0.2, 0.25) is 5.02 Å². The van der Waals surface area contributed by atoms with Crippen LogP contribution in [0.15, 0.2) is 47.4 Å². The van der Waals surface area contributed by atoms with E-state index in [0.29, 0.717) is 12.3 Å². The van der Waals surface area contributed by atoms with Crippen molar-refractivity contribution in [1.82, 2.24) is 4.57 Å².